The van der Waals surface area contributed by atoms with E-state index in [1.807, 2.05) is 36.4 Å². The lowest BCUT2D eigenvalue weighted by molar-refractivity contribution is 0.722. The second-order valence-electron chi connectivity index (χ2n) is 4.00. The third kappa shape index (κ3) is 3.56. The van der Waals surface area contributed by atoms with Crippen LogP contribution in [0.2, 0.25) is 5.02 Å². The van der Waals surface area contributed by atoms with Gasteiger partial charge in [-0.3, -0.25) is 0 Å². The first-order valence-corrected chi connectivity index (χ1v) is 6.58. The number of rotatable bonds is 3. The van der Waals surface area contributed by atoms with Gasteiger partial charge < -0.3 is 5.73 Å². The van der Waals surface area contributed by atoms with Crippen molar-refractivity contribution in [1.29, 1.82) is 0 Å². The van der Waals surface area contributed by atoms with Crippen molar-refractivity contribution in [3.05, 3.63) is 69.2 Å². The van der Waals surface area contributed by atoms with Crippen LogP contribution in [-0.2, 0) is 6.42 Å². The van der Waals surface area contributed by atoms with E-state index in [1.165, 1.54) is 5.56 Å². The Bertz CT molecular complexity index is 513. The van der Waals surface area contributed by atoms with E-state index in [0.717, 1.165) is 21.5 Å². The maximum absolute atomic E-state index is 6.17. The number of nitrogens with two attached hydrogens (primary N) is 1. The average Bonchev–Trinajstić information content (AvgIpc) is 2.29. The minimum atomic E-state index is -0.0250. The molecule has 3 heteroatoms. The molecule has 0 saturated carbocycles. The van der Waals surface area contributed by atoms with E-state index in [0.29, 0.717) is 0 Å². The highest BCUT2D eigenvalue weighted by Crippen LogP contribution is 2.21. The molecule has 2 aromatic rings. The molecule has 0 saturated heterocycles. The Morgan fingerprint density at radius 1 is 1.12 bits per heavy atom. The van der Waals surface area contributed by atoms with Gasteiger partial charge in [-0.2, -0.15) is 0 Å². The van der Waals surface area contributed by atoms with Gasteiger partial charge in [0.1, 0.15) is 0 Å². The van der Waals surface area contributed by atoms with Gasteiger partial charge in [-0.25, -0.2) is 0 Å². The molecule has 17 heavy (non-hydrogen) atoms. The topological polar surface area (TPSA) is 26.0 Å². The Kier molecular flexibility index (Phi) is 4.21. The van der Waals surface area contributed by atoms with E-state index >= 15 is 0 Å². The SMILES string of the molecule is NC(Cc1cccc(Br)c1)c1cccc(Cl)c1. The second kappa shape index (κ2) is 5.67. The first-order valence-electron chi connectivity index (χ1n) is 5.40. The van der Waals surface area contributed by atoms with Gasteiger partial charge in [0.2, 0.25) is 0 Å². The Balaban J connectivity index is 2.14. The first kappa shape index (κ1) is 12.6. The van der Waals surface area contributed by atoms with E-state index < -0.39 is 0 Å². The molecule has 2 rings (SSSR count). The van der Waals surface area contributed by atoms with Crippen molar-refractivity contribution in [3.8, 4) is 0 Å². The van der Waals surface area contributed by atoms with Crippen LogP contribution < -0.4 is 5.73 Å². The van der Waals surface area contributed by atoms with Crippen LogP contribution >= 0.6 is 27.5 Å². The van der Waals surface area contributed by atoms with Crippen LogP contribution in [-0.4, -0.2) is 0 Å². The van der Waals surface area contributed by atoms with Crippen molar-refractivity contribution < 1.29 is 0 Å². The number of hydrogen-bond donors (Lipinski definition) is 1. The van der Waals surface area contributed by atoms with Crippen molar-refractivity contribution in [3.63, 3.8) is 0 Å². The molecule has 0 radical (unpaired) electrons. The molecule has 0 aliphatic heterocycles. The Labute approximate surface area is 115 Å². The Morgan fingerprint density at radius 2 is 1.88 bits per heavy atom. The molecule has 88 valence electrons. The minimum Gasteiger partial charge on any atom is -0.324 e. The zero-order valence-electron chi connectivity index (χ0n) is 9.24. The quantitative estimate of drug-likeness (QED) is 0.896. The van der Waals surface area contributed by atoms with E-state index in [9.17, 15) is 0 Å². The summed E-state index contributed by atoms with van der Waals surface area (Å²) in [5.41, 5.74) is 8.45. The summed E-state index contributed by atoms with van der Waals surface area (Å²) in [7, 11) is 0. The van der Waals surface area contributed by atoms with E-state index in [2.05, 4.69) is 28.1 Å². The molecule has 0 aliphatic carbocycles. The number of halogens is 2. The molecule has 0 aliphatic rings. The summed E-state index contributed by atoms with van der Waals surface area (Å²) in [6.07, 6.45) is 0.805. The molecular formula is C14H13BrClN. The average molecular weight is 311 g/mol. The number of benzene rings is 2. The van der Waals surface area contributed by atoms with Crippen LogP contribution in [0.15, 0.2) is 53.0 Å². The standard InChI is InChI=1S/C14H13BrClN/c15-12-5-1-3-10(7-12)8-14(17)11-4-2-6-13(16)9-11/h1-7,9,14H,8,17H2. The van der Waals surface area contributed by atoms with Crippen LogP contribution in [0.3, 0.4) is 0 Å². The van der Waals surface area contributed by atoms with Gasteiger partial charge >= 0.3 is 0 Å². The molecule has 0 amide bonds. The first-order chi connectivity index (χ1) is 8.15. The fourth-order valence-corrected chi connectivity index (χ4v) is 2.42. The van der Waals surface area contributed by atoms with E-state index in [-0.39, 0.29) is 6.04 Å². The lowest BCUT2D eigenvalue weighted by Gasteiger charge is -2.12. The van der Waals surface area contributed by atoms with Crippen molar-refractivity contribution >= 4 is 27.5 Å². The summed E-state index contributed by atoms with van der Waals surface area (Å²) in [6, 6.07) is 15.9. The molecule has 2 N–H and O–H groups in total. The Morgan fingerprint density at radius 3 is 2.59 bits per heavy atom. The zero-order chi connectivity index (χ0) is 12.3. The summed E-state index contributed by atoms with van der Waals surface area (Å²) in [4.78, 5) is 0. The molecule has 0 aromatic heterocycles. The smallest absolute Gasteiger partial charge is 0.0409 e. The van der Waals surface area contributed by atoms with Gasteiger partial charge in [-0.15, -0.1) is 0 Å². The minimum absolute atomic E-state index is 0.0250. The van der Waals surface area contributed by atoms with Gasteiger partial charge in [0.25, 0.3) is 0 Å². The van der Waals surface area contributed by atoms with Gasteiger partial charge in [-0.1, -0.05) is 51.8 Å². The lowest BCUT2D eigenvalue weighted by atomic mass is 10.00. The predicted octanol–water partition coefficient (Wildman–Crippen LogP) is 4.35. The largest absolute Gasteiger partial charge is 0.324 e. The second-order valence-corrected chi connectivity index (χ2v) is 5.35. The van der Waals surface area contributed by atoms with Crippen molar-refractivity contribution in [2.45, 2.75) is 12.5 Å². The maximum Gasteiger partial charge on any atom is 0.0409 e. The van der Waals surface area contributed by atoms with Crippen LogP contribution in [0, 0.1) is 0 Å². The van der Waals surface area contributed by atoms with Crippen LogP contribution in [0.25, 0.3) is 0 Å². The highest BCUT2D eigenvalue weighted by molar-refractivity contribution is 9.10. The van der Waals surface area contributed by atoms with E-state index in [1.54, 1.807) is 0 Å². The molecule has 1 atom stereocenters. The summed E-state index contributed by atoms with van der Waals surface area (Å²) in [6.45, 7) is 0. The maximum atomic E-state index is 6.17. The molecule has 0 spiro atoms. The molecule has 0 heterocycles. The molecule has 0 bridgehead atoms. The predicted molar refractivity (Wildman–Crippen MR) is 76.2 cm³/mol. The molecule has 0 fully saturated rings. The van der Waals surface area contributed by atoms with Gasteiger partial charge in [0.05, 0.1) is 0 Å². The fourth-order valence-electron chi connectivity index (χ4n) is 1.77. The van der Waals surface area contributed by atoms with Crippen molar-refractivity contribution in [2.75, 3.05) is 0 Å². The molecule has 2 aromatic carbocycles. The third-order valence-electron chi connectivity index (χ3n) is 2.62. The monoisotopic (exact) mass is 309 g/mol. The molecule has 1 unspecified atom stereocenters. The number of hydrogen-bond acceptors (Lipinski definition) is 1. The normalized spacial score (nSPS) is 12.4. The molecular weight excluding hydrogens is 298 g/mol. The van der Waals surface area contributed by atoms with Crippen molar-refractivity contribution in [1.82, 2.24) is 0 Å². The summed E-state index contributed by atoms with van der Waals surface area (Å²) in [5.74, 6) is 0. The summed E-state index contributed by atoms with van der Waals surface area (Å²) >= 11 is 9.41. The van der Waals surface area contributed by atoms with Crippen molar-refractivity contribution in [2.24, 2.45) is 5.73 Å². The Hall–Kier alpha value is -0.830. The zero-order valence-corrected chi connectivity index (χ0v) is 11.6. The fraction of sp³-hybridized carbons (Fsp3) is 0.143. The summed E-state index contributed by atoms with van der Waals surface area (Å²) < 4.78 is 1.08. The summed E-state index contributed by atoms with van der Waals surface area (Å²) in [5, 5.41) is 0.729. The van der Waals surface area contributed by atoms with Crippen LogP contribution in [0.1, 0.15) is 17.2 Å². The van der Waals surface area contributed by atoms with E-state index in [4.69, 9.17) is 17.3 Å². The van der Waals surface area contributed by atoms with Gasteiger partial charge in [0, 0.05) is 15.5 Å². The third-order valence-corrected chi connectivity index (χ3v) is 3.35. The highest BCUT2D eigenvalue weighted by Gasteiger charge is 2.07. The lowest BCUT2D eigenvalue weighted by Crippen LogP contribution is -2.13. The van der Waals surface area contributed by atoms with Gasteiger partial charge in [0.15, 0.2) is 0 Å². The molecule has 1 nitrogen and oxygen atoms in total. The van der Waals surface area contributed by atoms with Crippen LogP contribution in [0.5, 0.6) is 0 Å². The van der Waals surface area contributed by atoms with Gasteiger partial charge in [-0.05, 0) is 41.8 Å². The van der Waals surface area contributed by atoms with Crippen LogP contribution in [0.4, 0.5) is 0 Å². The highest BCUT2D eigenvalue weighted by atomic mass is 79.9.